The molecule has 1 aliphatic heterocycles. The van der Waals surface area contributed by atoms with E-state index < -0.39 is 0 Å². The van der Waals surface area contributed by atoms with Crippen molar-refractivity contribution in [2.75, 3.05) is 25.5 Å². The minimum absolute atomic E-state index is 0.464. The largest absolute Gasteiger partial charge is 0.481 e. The molecule has 2 aromatic rings. The van der Waals surface area contributed by atoms with Crippen LogP contribution in [0.2, 0.25) is 0 Å². The van der Waals surface area contributed by atoms with Crippen LogP contribution in [0.25, 0.3) is 0 Å². The lowest BCUT2D eigenvalue weighted by Crippen LogP contribution is -2.47. The minimum atomic E-state index is 0.464. The normalized spacial score (nSPS) is 26.3. The van der Waals surface area contributed by atoms with Crippen molar-refractivity contribution in [2.24, 2.45) is 5.41 Å². The van der Waals surface area contributed by atoms with Gasteiger partial charge < -0.3 is 10.1 Å². The molecule has 1 aliphatic carbocycles. The standard InChI is InChI=1S/C18H23N5O/c1-24-16-5-2-4-14(21-16)12-23-9-6-18(13-23)10-15(11-18)22-17-19-7-3-8-20-17/h2-5,7-8,15H,6,9-13H2,1H3,(H,19,20,22). The van der Waals surface area contributed by atoms with Gasteiger partial charge in [-0.15, -0.1) is 0 Å². The highest BCUT2D eigenvalue weighted by Gasteiger charge is 2.48. The second-order valence-electron chi connectivity index (χ2n) is 6.95. The number of nitrogens with zero attached hydrogens (tertiary/aromatic N) is 4. The van der Waals surface area contributed by atoms with Crippen LogP contribution in [0.1, 0.15) is 25.0 Å². The summed E-state index contributed by atoms with van der Waals surface area (Å²) in [6.07, 6.45) is 7.23. The molecule has 4 rings (SSSR count). The van der Waals surface area contributed by atoms with E-state index in [0.717, 1.165) is 31.3 Å². The fourth-order valence-corrected chi connectivity index (χ4v) is 4.03. The van der Waals surface area contributed by atoms with Crippen LogP contribution >= 0.6 is 0 Å². The summed E-state index contributed by atoms with van der Waals surface area (Å²) in [5.74, 6) is 1.44. The lowest BCUT2D eigenvalue weighted by molar-refractivity contribution is 0.119. The summed E-state index contributed by atoms with van der Waals surface area (Å²) in [5, 5.41) is 3.44. The number of pyridine rings is 1. The van der Waals surface area contributed by atoms with Gasteiger partial charge in [-0.05, 0) is 43.4 Å². The Balaban J connectivity index is 1.29. The van der Waals surface area contributed by atoms with Gasteiger partial charge in [0, 0.05) is 37.6 Å². The van der Waals surface area contributed by atoms with E-state index in [-0.39, 0.29) is 0 Å². The van der Waals surface area contributed by atoms with Gasteiger partial charge in [-0.3, -0.25) is 4.90 Å². The van der Waals surface area contributed by atoms with Crippen molar-refractivity contribution in [3.05, 3.63) is 42.4 Å². The average Bonchev–Trinajstić information content (AvgIpc) is 2.99. The zero-order valence-electron chi connectivity index (χ0n) is 14.0. The third-order valence-corrected chi connectivity index (χ3v) is 5.15. The molecule has 2 aliphatic rings. The highest BCUT2D eigenvalue weighted by molar-refractivity contribution is 5.27. The fraction of sp³-hybridized carbons (Fsp3) is 0.500. The van der Waals surface area contributed by atoms with Gasteiger partial charge in [0.25, 0.3) is 0 Å². The summed E-state index contributed by atoms with van der Waals surface area (Å²) in [7, 11) is 1.66. The van der Waals surface area contributed by atoms with Gasteiger partial charge in [0.15, 0.2) is 0 Å². The number of methoxy groups -OCH3 is 1. The van der Waals surface area contributed by atoms with Crippen LogP contribution in [0, 0.1) is 5.41 Å². The van der Waals surface area contributed by atoms with E-state index >= 15 is 0 Å². The average molecular weight is 325 g/mol. The summed E-state index contributed by atoms with van der Waals surface area (Å²) in [5.41, 5.74) is 1.55. The number of hydrogen-bond donors (Lipinski definition) is 1. The molecular formula is C18H23N5O. The number of anilines is 1. The molecule has 6 heteroatoms. The molecule has 24 heavy (non-hydrogen) atoms. The maximum Gasteiger partial charge on any atom is 0.222 e. The van der Waals surface area contributed by atoms with Crippen molar-refractivity contribution in [1.82, 2.24) is 19.9 Å². The van der Waals surface area contributed by atoms with E-state index in [1.165, 1.54) is 19.3 Å². The van der Waals surface area contributed by atoms with Crippen LogP contribution in [-0.2, 0) is 6.54 Å². The first kappa shape index (κ1) is 15.3. The molecule has 2 fully saturated rings. The summed E-state index contributed by atoms with van der Waals surface area (Å²) in [6, 6.07) is 8.32. The van der Waals surface area contributed by atoms with Crippen molar-refractivity contribution >= 4 is 5.95 Å². The molecule has 0 unspecified atom stereocenters. The SMILES string of the molecule is COc1cccc(CN2CCC3(CC(Nc4ncccn4)C3)C2)n1. The topological polar surface area (TPSA) is 63.2 Å². The molecule has 0 aromatic carbocycles. The van der Waals surface area contributed by atoms with E-state index in [2.05, 4.69) is 31.2 Å². The van der Waals surface area contributed by atoms with Crippen molar-refractivity contribution in [3.8, 4) is 5.88 Å². The van der Waals surface area contributed by atoms with Crippen molar-refractivity contribution in [1.29, 1.82) is 0 Å². The van der Waals surface area contributed by atoms with Crippen LogP contribution in [0.3, 0.4) is 0 Å². The van der Waals surface area contributed by atoms with Crippen LogP contribution in [-0.4, -0.2) is 46.1 Å². The first-order chi connectivity index (χ1) is 11.7. The van der Waals surface area contributed by atoms with Gasteiger partial charge in [-0.2, -0.15) is 0 Å². The number of ether oxygens (including phenoxy) is 1. The highest BCUT2D eigenvalue weighted by Crippen LogP contribution is 2.49. The molecule has 0 radical (unpaired) electrons. The van der Waals surface area contributed by atoms with Crippen LogP contribution in [0.4, 0.5) is 5.95 Å². The van der Waals surface area contributed by atoms with Gasteiger partial charge in [-0.25, -0.2) is 15.0 Å². The third-order valence-electron chi connectivity index (χ3n) is 5.15. The van der Waals surface area contributed by atoms with Gasteiger partial charge in [-0.1, -0.05) is 6.07 Å². The van der Waals surface area contributed by atoms with Gasteiger partial charge >= 0.3 is 0 Å². The molecule has 1 saturated carbocycles. The molecule has 1 saturated heterocycles. The van der Waals surface area contributed by atoms with Crippen LogP contribution < -0.4 is 10.1 Å². The van der Waals surface area contributed by atoms with Gasteiger partial charge in [0.2, 0.25) is 11.8 Å². The molecule has 1 N–H and O–H groups in total. The molecule has 0 bridgehead atoms. The Hall–Kier alpha value is -2.21. The summed E-state index contributed by atoms with van der Waals surface area (Å²) in [6.45, 7) is 3.20. The number of hydrogen-bond acceptors (Lipinski definition) is 6. The quantitative estimate of drug-likeness (QED) is 0.910. The Bertz CT molecular complexity index is 687. The molecule has 126 valence electrons. The van der Waals surface area contributed by atoms with E-state index in [0.29, 0.717) is 17.3 Å². The summed E-state index contributed by atoms with van der Waals surface area (Å²) in [4.78, 5) is 15.5. The first-order valence-electron chi connectivity index (χ1n) is 8.51. The molecule has 0 amide bonds. The minimum Gasteiger partial charge on any atom is -0.481 e. The Kier molecular flexibility index (Phi) is 4.06. The smallest absolute Gasteiger partial charge is 0.222 e. The fourth-order valence-electron chi connectivity index (χ4n) is 4.03. The van der Waals surface area contributed by atoms with E-state index in [1.807, 2.05) is 18.2 Å². The third kappa shape index (κ3) is 3.19. The van der Waals surface area contributed by atoms with E-state index in [9.17, 15) is 0 Å². The predicted molar refractivity (Wildman–Crippen MR) is 91.8 cm³/mol. The molecule has 6 nitrogen and oxygen atoms in total. The number of nitrogens with one attached hydrogen (secondary N) is 1. The second kappa shape index (κ2) is 6.36. The Morgan fingerprint density at radius 3 is 2.88 bits per heavy atom. The summed E-state index contributed by atoms with van der Waals surface area (Å²) >= 11 is 0. The Labute approximate surface area is 142 Å². The van der Waals surface area contributed by atoms with E-state index in [4.69, 9.17) is 4.74 Å². The molecule has 0 atom stereocenters. The second-order valence-corrected chi connectivity index (χ2v) is 6.95. The first-order valence-corrected chi connectivity index (χ1v) is 8.51. The lowest BCUT2D eigenvalue weighted by atomic mass is 9.65. The maximum atomic E-state index is 5.21. The van der Waals surface area contributed by atoms with Crippen molar-refractivity contribution in [3.63, 3.8) is 0 Å². The highest BCUT2D eigenvalue weighted by atomic mass is 16.5. The maximum absolute atomic E-state index is 5.21. The Morgan fingerprint density at radius 2 is 2.08 bits per heavy atom. The molecule has 1 spiro atoms. The molecule has 3 heterocycles. The molecule has 2 aromatic heterocycles. The Morgan fingerprint density at radius 1 is 1.25 bits per heavy atom. The number of likely N-dealkylation sites (tertiary alicyclic amines) is 1. The van der Waals surface area contributed by atoms with Gasteiger partial charge in [0.05, 0.1) is 12.8 Å². The van der Waals surface area contributed by atoms with Crippen LogP contribution in [0.5, 0.6) is 5.88 Å². The zero-order valence-corrected chi connectivity index (χ0v) is 14.0. The lowest BCUT2D eigenvalue weighted by Gasteiger charge is -2.45. The van der Waals surface area contributed by atoms with Crippen molar-refractivity contribution in [2.45, 2.75) is 31.8 Å². The van der Waals surface area contributed by atoms with Gasteiger partial charge in [0.1, 0.15) is 0 Å². The molecular weight excluding hydrogens is 302 g/mol. The van der Waals surface area contributed by atoms with Crippen molar-refractivity contribution < 1.29 is 4.74 Å². The monoisotopic (exact) mass is 325 g/mol. The summed E-state index contributed by atoms with van der Waals surface area (Å²) < 4.78 is 5.21. The number of aromatic nitrogens is 3. The number of rotatable bonds is 5. The predicted octanol–water partition coefficient (Wildman–Crippen LogP) is 2.35. The zero-order chi connectivity index (χ0) is 16.4. The van der Waals surface area contributed by atoms with Crippen LogP contribution in [0.15, 0.2) is 36.7 Å². The van der Waals surface area contributed by atoms with E-state index in [1.54, 1.807) is 19.5 Å².